The molecular formula is C33H58N2O2. The van der Waals surface area contributed by atoms with Gasteiger partial charge in [0.05, 0.1) is 18.3 Å². The van der Waals surface area contributed by atoms with Crippen LogP contribution in [0.15, 0.2) is 35.7 Å². The predicted octanol–water partition coefficient (Wildman–Crippen LogP) is 8.03. The summed E-state index contributed by atoms with van der Waals surface area (Å²) >= 11 is 0. The van der Waals surface area contributed by atoms with Crippen molar-refractivity contribution in [2.24, 2.45) is 17.8 Å². The SMILES string of the molecule is CC.CC(=O)/C(OC1CCC(C)C1)=C1\CN1CCN1CC1.CCC(C)C(C)CC.Cc1cccc(C)c1. The zero-order valence-electron chi connectivity index (χ0n) is 25.9. The minimum atomic E-state index is 0.0868. The van der Waals surface area contributed by atoms with Gasteiger partial charge in [0.15, 0.2) is 11.5 Å². The van der Waals surface area contributed by atoms with E-state index in [2.05, 4.69) is 82.5 Å². The molecule has 0 radical (unpaired) electrons. The molecule has 2 heterocycles. The molecule has 4 rings (SSSR count). The Morgan fingerprint density at radius 1 is 1.00 bits per heavy atom. The highest BCUT2D eigenvalue weighted by atomic mass is 16.5. The van der Waals surface area contributed by atoms with Crippen LogP contribution in [0.25, 0.3) is 0 Å². The molecule has 1 aliphatic carbocycles. The second kappa shape index (κ2) is 17.7. The van der Waals surface area contributed by atoms with Crippen LogP contribution < -0.4 is 0 Å². The molecule has 0 aromatic heterocycles. The maximum absolute atomic E-state index is 11.8. The topological polar surface area (TPSA) is 32.3 Å². The summed E-state index contributed by atoms with van der Waals surface area (Å²) in [6.07, 6.45) is 6.33. The van der Waals surface area contributed by atoms with Crippen LogP contribution in [0.1, 0.15) is 98.6 Å². The first-order chi connectivity index (χ1) is 17.6. The number of benzene rings is 1. The fraction of sp³-hybridized carbons (Fsp3) is 0.727. The van der Waals surface area contributed by atoms with Crippen LogP contribution in [-0.2, 0) is 9.53 Å². The van der Waals surface area contributed by atoms with Gasteiger partial charge < -0.3 is 9.64 Å². The quantitative estimate of drug-likeness (QED) is 0.190. The highest BCUT2D eigenvalue weighted by Crippen LogP contribution is 2.33. The van der Waals surface area contributed by atoms with Crippen LogP contribution in [0.2, 0.25) is 0 Å². The Hall–Kier alpha value is -1.81. The summed E-state index contributed by atoms with van der Waals surface area (Å²) in [5.41, 5.74) is 3.81. The van der Waals surface area contributed by atoms with Gasteiger partial charge in [-0.15, -0.1) is 0 Å². The number of rotatable bonds is 9. The number of hydrogen-bond donors (Lipinski definition) is 0. The zero-order chi connectivity index (χ0) is 28.0. The lowest BCUT2D eigenvalue weighted by Gasteiger charge is -2.14. The first kappa shape index (κ1) is 33.2. The molecule has 0 N–H and O–H groups in total. The van der Waals surface area contributed by atoms with Crippen molar-refractivity contribution in [1.29, 1.82) is 0 Å². The van der Waals surface area contributed by atoms with E-state index in [1.807, 2.05) is 13.8 Å². The van der Waals surface area contributed by atoms with Gasteiger partial charge in [-0.1, -0.05) is 96.7 Å². The molecule has 0 bridgehead atoms. The van der Waals surface area contributed by atoms with Crippen molar-refractivity contribution in [2.45, 2.75) is 107 Å². The maximum Gasteiger partial charge on any atom is 0.196 e. The first-order valence-corrected chi connectivity index (χ1v) is 15.1. The molecule has 1 aromatic rings. The van der Waals surface area contributed by atoms with E-state index >= 15 is 0 Å². The minimum Gasteiger partial charge on any atom is -0.485 e. The summed E-state index contributed by atoms with van der Waals surface area (Å²) in [5, 5.41) is 0. The van der Waals surface area contributed by atoms with Crippen molar-refractivity contribution in [3.05, 3.63) is 46.8 Å². The second-order valence-corrected chi connectivity index (χ2v) is 11.2. The molecule has 1 saturated carbocycles. The van der Waals surface area contributed by atoms with Crippen LogP contribution in [0, 0.1) is 31.6 Å². The van der Waals surface area contributed by atoms with Crippen LogP contribution in [0.4, 0.5) is 0 Å². The Balaban J connectivity index is 0.000000317. The van der Waals surface area contributed by atoms with Crippen molar-refractivity contribution in [3.8, 4) is 0 Å². The Labute approximate surface area is 229 Å². The average Bonchev–Trinajstić information content (AvgIpc) is 3.81. The van der Waals surface area contributed by atoms with Gasteiger partial charge in [0.2, 0.25) is 0 Å². The lowest BCUT2D eigenvalue weighted by Crippen LogP contribution is -2.15. The first-order valence-electron chi connectivity index (χ1n) is 15.1. The largest absolute Gasteiger partial charge is 0.485 e. The number of Topliss-reactive ketones (excluding diaryl/α,β-unsaturated/α-hetero) is 1. The van der Waals surface area contributed by atoms with Crippen molar-refractivity contribution in [2.75, 3.05) is 32.7 Å². The number of ether oxygens (including phenoxy) is 1. The monoisotopic (exact) mass is 514 g/mol. The van der Waals surface area contributed by atoms with Gasteiger partial charge in [0.1, 0.15) is 0 Å². The van der Waals surface area contributed by atoms with Crippen LogP contribution in [-0.4, -0.2) is 54.4 Å². The number of hydrogen-bond acceptors (Lipinski definition) is 4. The van der Waals surface area contributed by atoms with Gasteiger partial charge in [0.25, 0.3) is 0 Å². The Bertz CT molecular complexity index is 789. The van der Waals surface area contributed by atoms with Crippen LogP contribution in [0.3, 0.4) is 0 Å². The van der Waals surface area contributed by atoms with Crippen molar-refractivity contribution in [1.82, 2.24) is 9.80 Å². The molecule has 4 heteroatoms. The molecule has 37 heavy (non-hydrogen) atoms. The maximum atomic E-state index is 11.8. The molecule has 0 spiro atoms. The van der Waals surface area contributed by atoms with E-state index in [4.69, 9.17) is 4.74 Å². The summed E-state index contributed by atoms with van der Waals surface area (Å²) in [6, 6.07) is 8.45. The van der Waals surface area contributed by atoms with E-state index in [1.54, 1.807) is 6.92 Å². The number of aryl methyl sites for hydroxylation is 2. The minimum absolute atomic E-state index is 0.0868. The van der Waals surface area contributed by atoms with Crippen LogP contribution >= 0.6 is 0 Å². The van der Waals surface area contributed by atoms with Gasteiger partial charge in [-0.25, -0.2) is 0 Å². The second-order valence-electron chi connectivity index (χ2n) is 11.2. The van der Waals surface area contributed by atoms with Crippen molar-refractivity contribution < 1.29 is 9.53 Å². The highest BCUT2D eigenvalue weighted by Gasteiger charge is 2.35. The van der Waals surface area contributed by atoms with Gasteiger partial charge in [-0.2, -0.15) is 0 Å². The van der Waals surface area contributed by atoms with Crippen molar-refractivity contribution >= 4 is 5.78 Å². The molecule has 2 saturated heterocycles. The fourth-order valence-electron chi connectivity index (χ4n) is 4.53. The standard InChI is InChI=1S/C15H24N2O2.C8H10.C8H18.C2H6/c1-11-3-4-13(9-11)19-15(12(2)18)14-10-17(14)8-7-16-5-6-16;1-7-4-3-5-8(2)6-7;1-5-7(3)8(4)6-2;1-2/h11,13H,3-10H2,1-2H3;3-6H,1-2H3;7-8H,5-6H2,1-4H3;1-2H3/b15-14-;;;. The molecule has 3 fully saturated rings. The van der Waals surface area contributed by atoms with E-state index in [1.165, 1.54) is 43.5 Å². The summed E-state index contributed by atoms with van der Waals surface area (Å²) in [5.74, 6) is 3.30. The smallest absolute Gasteiger partial charge is 0.196 e. The highest BCUT2D eigenvalue weighted by molar-refractivity contribution is 5.92. The predicted molar refractivity (Wildman–Crippen MR) is 160 cm³/mol. The number of ketones is 1. The van der Waals surface area contributed by atoms with Crippen molar-refractivity contribution in [3.63, 3.8) is 0 Å². The number of allylic oxidation sites excluding steroid dienone is 1. The van der Waals surface area contributed by atoms with Gasteiger partial charge >= 0.3 is 0 Å². The number of nitrogens with zero attached hydrogens (tertiary/aromatic N) is 2. The van der Waals surface area contributed by atoms with Gasteiger partial charge in [-0.05, 0) is 50.9 Å². The molecule has 3 aliphatic rings. The lowest BCUT2D eigenvalue weighted by molar-refractivity contribution is -0.118. The van der Waals surface area contributed by atoms with Gasteiger partial charge in [0, 0.05) is 33.1 Å². The molecule has 1 aromatic carbocycles. The molecule has 4 atom stereocenters. The molecule has 4 nitrogen and oxygen atoms in total. The molecule has 4 unspecified atom stereocenters. The number of carbonyl (C=O) groups is 1. The third-order valence-corrected chi connectivity index (χ3v) is 7.79. The van der Waals surface area contributed by atoms with E-state index in [9.17, 15) is 4.79 Å². The van der Waals surface area contributed by atoms with E-state index in [0.717, 1.165) is 55.9 Å². The third kappa shape index (κ3) is 13.5. The van der Waals surface area contributed by atoms with E-state index in [0.29, 0.717) is 5.76 Å². The van der Waals surface area contributed by atoms with Gasteiger partial charge in [-0.3, -0.25) is 9.69 Å². The third-order valence-electron chi connectivity index (χ3n) is 7.79. The number of carbonyl (C=O) groups excluding carboxylic acids is 1. The Morgan fingerprint density at radius 2 is 1.57 bits per heavy atom. The van der Waals surface area contributed by atoms with E-state index in [-0.39, 0.29) is 11.9 Å². The van der Waals surface area contributed by atoms with Crippen LogP contribution in [0.5, 0.6) is 0 Å². The zero-order valence-corrected chi connectivity index (χ0v) is 25.9. The Kier molecular flexibility index (Phi) is 15.8. The average molecular weight is 515 g/mol. The van der Waals surface area contributed by atoms with E-state index < -0.39 is 0 Å². The summed E-state index contributed by atoms with van der Waals surface area (Å²) in [6.45, 7) is 26.8. The lowest BCUT2D eigenvalue weighted by atomic mass is 9.92. The molecule has 212 valence electrons. The summed E-state index contributed by atoms with van der Waals surface area (Å²) < 4.78 is 5.99. The summed E-state index contributed by atoms with van der Waals surface area (Å²) in [7, 11) is 0. The molecular weight excluding hydrogens is 456 g/mol. The summed E-state index contributed by atoms with van der Waals surface area (Å²) in [4.78, 5) is 16.4. The molecule has 2 aliphatic heterocycles. The normalized spacial score (nSPS) is 22.7. The molecule has 0 amide bonds. The fourth-order valence-corrected chi connectivity index (χ4v) is 4.53. The Morgan fingerprint density at radius 3 is 1.95 bits per heavy atom.